The number of carbonyl (C=O) groups excluding carboxylic acids is 1. The van der Waals surface area contributed by atoms with Gasteiger partial charge < -0.3 is 10.6 Å². The fourth-order valence-electron chi connectivity index (χ4n) is 3.76. The molecular formula is C14H22N2O. The van der Waals surface area contributed by atoms with Gasteiger partial charge >= 0.3 is 0 Å². The van der Waals surface area contributed by atoms with E-state index >= 15 is 0 Å². The van der Waals surface area contributed by atoms with Crippen LogP contribution < -0.4 is 5.73 Å². The zero-order chi connectivity index (χ0) is 11.8. The monoisotopic (exact) mass is 234 g/mol. The Morgan fingerprint density at radius 2 is 1.82 bits per heavy atom. The van der Waals surface area contributed by atoms with Gasteiger partial charge in [0.2, 0.25) is 5.91 Å². The lowest BCUT2D eigenvalue weighted by Gasteiger charge is -2.42. The summed E-state index contributed by atoms with van der Waals surface area (Å²) in [5.74, 6) is 1.92. The molecule has 94 valence electrons. The molecule has 1 aliphatic heterocycles. The molecule has 0 aromatic carbocycles. The zero-order valence-corrected chi connectivity index (χ0v) is 10.3. The van der Waals surface area contributed by atoms with E-state index in [0.29, 0.717) is 5.91 Å². The van der Waals surface area contributed by atoms with Crippen molar-refractivity contribution in [3.05, 3.63) is 12.2 Å². The maximum atomic E-state index is 12.4. The molecule has 1 amide bonds. The van der Waals surface area contributed by atoms with Gasteiger partial charge in [0.05, 0.1) is 5.92 Å². The van der Waals surface area contributed by atoms with Gasteiger partial charge in [0, 0.05) is 19.1 Å². The Morgan fingerprint density at radius 3 is 2.41 bits per heavy atom. The van der Waals surface area contributed by atoms with Gasteiger partial charge in [-0.2, -0.15) is 0 Å². The Labute approximate surface area is 103 Å². The van der Waals surface area contributed by atoms with Crippen LogP contribution >= 0.6 is 0 Å². The average molecular weight is 234 g/mol. The smallest absolute Gasteiger partial charge is 0.229 e. The van der Waals surface area contributed by atoms with Crippen molar-refractivity contribution >= 4 is 5.91 Å². The summed E-state index contributed by atoms with van der Waals surface area (Å²) in [7, 11) is 0. The third-order valence-electron chi connectivity index (χ3n) is 4.59. The highest BCUT2D eigenvalue weighted by Gasteiger charge is 2.35. The molecule has 2 bridgehead atoms. The topological polar surface area (TPSA) is 46.3 Å². The van der Waals surface area contributed by atoms with Gasteiger partial charge in [-0.3, -0.25) is 4.79 Å². The molecule has 2 fully saturated rings. The molecule has 2 aliphatic carbocycles. The highest BCUT2D eigenvalue weighted by atomic mass is 16.2. The molecule has 4 unspecified atom stereocenters. The van der Waals surface area contributed by atoms with E-state index in [1.54, 1.807) is 0 Å². The van der Waals surface area contributed by atoms with Crippen molar-refractivity contribution in [1.29, 1.82) is 0 Å². The molecule has 3 heteroatoms. The fourth-order valence-corrected chi connectivity index (χ4v) is 3.76. The summed E-state index contributed by atoms with van der Waals surface area (Å²) in [5, 5.41) is 0. The van der Waals surface area contributed by atoms with Crippen LogP contribution in [0.4, 0.5) is 0 Å². The van der Waals surface area contributed by atoms with Crippen LogP contribution in [0, 0.1) is 17.8 Å². The third kappa shape index (κ3) is 2.25. The molecule has 1 heterocycles. The maximum absolute atomic E-state index is 12.4. The molecule has 0 spiro atoms. The predicted molar refractivity (Wildman–Crippen MR) is 67.3 cm³/mol. The van der Waals surface area contributed by atoms with Gasteiger partial charge in [0.15, 0.2) is 0 Å². The molecule has 0 aromatic rings. The number of rotatable bonds is 1. The Hall–Kier alpha value is -0.830. The standard InChI is InChI=1S/C14H22N2O/c15-13-5-4-12(7-13)14(17)16-8-10-2-1-3-11(6-10)9-16/h4-5,10-13H,1-3,6-9,15H2. The Bertz CT molecular complexity index is 327. The van der Waals surface area contributed by atoms with Crippen molar-refractivity contribution in [1.82, 2.24) is 4.90 Å². The highest BCUT2D eigenvalue weighted by Crippen LogP contribution is 2.35. The number of hydrogen-bond donors (Lipinski definition) is 1. The van der Waals surface area contributed by atoms with Crippen molar-refractivity contribution in [3.63, 3.8) is 0 Å². The van der Waals surface area contributed by atoms with Gasteiger partial charge in [-0.1, -0.05) is 18.6 Å². The van der Waals surface area contributed by atoms with Crippen molar-refractivity contribution in [2.45, 2.75) is 38.1 Å². The first-order valence-electron chi connectivity index (χ1n) is 6.95. The minimum atomic E-state index is 0.0591. The summed E-state index contributed by atoms with van der Waals surface area (Å²) < 4.78 is 0. The minimum Gasteiger partial charge on any atom is -0.342 e. The SMILES string of the molecule is NC1C=CC(C(=O)N2CC3CCCC(C3)C2)C1. The lowest BCUT2D eigenvalue weighted by molar-refractivity contribution is -0.137. The van der Waals surface area contributed by atoms with Crippen LogP contribution in [0.5, 0.6) is 0 Å². The number of likely N-dealkylation sites (tertiary alicyclic amines) is 1. The van der Waals surface area contributed by atoms with Crippen molar-refractivity contribution in [3.8, 4) is 0 Å². The van der Waals surface area contributed by atoms with Gasteiger partial charge in [-0.15, -0.1) is 0 Å². The molecular weight excluding hydrogens is 212 g/mol. The average Bonchev–Trinajstić information content (AvgIpc) is 2.74. The van der Waals surface area contributed by atoms with E-state index in [9.17, 15) is 4.79 Å². The first-order chi connectivity index (χ1) is 8.22. The second-order valence-corrected chi connectivity index (χ2v) is 6.03. The summed E-state index contributed by atoms with van der Waals surface area (Å²) in [6, 6.07) is 0.0910. The lowest BCUT2D eigenvalue weighted by atomic mass is 9.77. The largest absolute Gasteiger partial charge is 0.342 e. The van der Waals surface area contributed by atoms with Gasteiger partial charge in [0.1, 0.15) is 0 Å². The molecule has 0 aromatic heterocycles. The number of piperidine rings is 1. The highest BCUT2D eigenvalue weighted by molar-refractivity contribution is 5.81. The summed E-state index contributed by atoms with van der Waals surface area (Å²) in [4.78, 5) is 14.5. The number of nitrogens with two attached hydrogens (primary N) is 1. The minimum absolute atomic E-state index is 0.0591. The number of hydrogen-bond acceptors (Lipinski definition) is 2. The number of fused-ring (bicyclic) bond motifs is 2. The van der Waals surface area contributed by atoms with E-state index in [0.717, 1.165) is 31.3 Å². The molecule has 1 saturated carbocycles. The van der Waals surface area contributed by atoms with E-state index < -0.39 is 0 Å². The third-order valence-corrected chi connectivity index (χ3v) is 4.59. The van der Waals surface area contributed by atoms with Crippen LogP contribution in [0.3, 0.4) is 0 Å². The molecule has 1 saturated heterocycles. The van der Waals surface area contributed by atoms with Crippen LogP contribution in [-0.4, -0.2) is 29.9 Å². The fraction of sp³-hybridized carbons (Fsp3) is 0.786. The van der Waals surface area contributed by atoms with Gasteiger partial charge in [0.25, 0.3) is 0 Å². The molecule has 17 heavy (non-hydrogen) atoms. The van der Waals surface area contributed by atoms with E-state index in [4.69, 9.17) is 5.73 Å². The van der Waals surface area contributed by atoms with Crippen molar-refractivity contribution in [2.24, 2.45) is 23.5 Å². The summed E-state index contributed by atoms with van der Waals surface area (Å²) in [5.41, 5.74) is 5.83. The van der Waals surface area contributed by atoms with Gasteiger partial charge in [-0.05, 0) is 37.5 Å². The van der Waals surface area contributed by atoms with E-state index in [-0.39, 0.29) is 12.0 Å². The van der Waals surface area contributed by atoms with E-state index in [1.807, 2.05) is 12.2 Å². The molecule has 0 radical (unpaired) electrons. The first kappa shape index (κ1) is 11.3. The quantitative estimate of drug-likeness (QED) is 0.700. The van der Waals surface area contributed by atoms with Crippen molar-refractivity contribution in [2.75, 3.05) is 13.1 Å². The van der Waals surface area contributed by atoms with Crippen molar-refractivity contribution < 1.29 is 4.79 Å². The van der Waals surface area contributed by atoms with Crippen LogP contribution in [0.15, 0.2) is 12.2 Å². The summed E-state index contributed by atoms with van der Waals surface area (Å²) in [6.45, 7) is 1.99. The van der Waals surface area contributed by atoms with Gasteiger partial charge in [-0.25, -0.2) is 0 Å². The van der Waals surface area contributed by atoms with Crippen LogP contribution in [0.1, 0.15) is 32.1 Å². The Morgan fingerprint density at radius 1 is 1.12 bits per heavy atom. The maximum Gasteiger partial charge on any atom is 0.229 e. The van der Waals surface area contributed by atoms with E-state index in [2.05, 4.69) is 4.90 Å². The second-order valence-electron chi connectivity index (χ2n) is 6.03. The predicted octanol–water partition coefficient (Wildman–Crippen LogP) is 1.54. The summed E-state index contributed by atoms with van der Waals surface area (Å²) >= 11 is 0. The summed E-state index contributed by atoms with van der Waals surface area (Å²) in [6.07, 6.45) is 10.2. The Balaban J connectivity index is 1.64. The number of amides is 1. The first-order valence-corrected chi connectivity index (χ1v) is 6.95. The molecule has 4 atom stereocenters. The number of nitrogens with zero attached hydrogens (tertiary/aromatic N) is 1. The van der Waals surface area contributed by atoms with Crippen LogP contribution in [-0.2, 0) is 4.79 Å². The number of carbonyl (C=O) groups is 1. The van der Waals surface area contributed by atoms with E-state index in [1.165, 1.54) is 25.7 Å². The molecule has 2 N–H and O–H groups in total. The Kier molecular flexibility index (Phi) is 2.95. The van der Waals surface area contributed by atoms with Crippen LogP contribution in [0.25, 0.3) is 0 Å². The van der Waals surface area contributed by atoms with Crippen LogP contribution in [0.2, 0.25) is 0 Å². The zero-order valence-electron chi connectivity index (χ0n) is 10.3. The second kappa shape index (κ2) is 4.45. The normalized spacial score (nSPS) is 40.6. The lowest BCUT2D eigenvalue weighted by Crippen LogP contribution is -2.47. The molecule has 3 rings (SSSR count). The molecule has 3 nitrogen and oxygen atoms in total. The molecule has 3 aliphatic rings.